The topological polar surface area (TPSA) is 151 Å². The lowest BCUT2D eigenvalue weighted by Crippen LogP contribution is -2.59. The van der Waals surface area contributed by atoms with E-state index in [1.807, 2.05) is 13.8 Å². The van der Waals surface area contributed by atoms with Gasteiger partial charge in [-0.25, -0.2) is 4.84 Å². The molecule has 0 aromatic rings. The van der Waals surface area contributed by atoms with Gasteiger partial charge in [-0.15, -0.1) is 0 Å². The summed E-state index contributed by atoms with van der Waals surface area (Å²) in [5.74, 6) is -2.85. The third-order valence-corrected chi connectivity index (χ3v) is 4.68. The van der Waals surface area contributed by atoms with E-state index in [4.69, 9.17) is 9.68 Å². The Balaban J connectivity index is 3.25. The highest BCUT2D eigenvalue weighted by molar-refractivity contribution is 4.87. The highest BCUT2D eigenvalue weighted by Gasteiger charge is 2.75. The summed E-state index contributed by atoms with van der Waals surface area (Å²) in [6.07, 6.45) is 2.71. The molecule has 156 valence electrons. The predicted molar refractivity (Wildman–Crippen MR) is 93.1 cm³/mol. The van der Waals surface area contributed by atoms with Crippen LogP contribution >= 0.6 is 0 Å². The molecule has 1 aliphatic rings. The van der Waals surface area contributed by atoms with Gasteiger partial charge in [-0.3, -0.25) is 35.2 Å². The SMILES string of the molecule is CCCCC(C)(C[N+](=O)[O-])ON1OC(C)(CCCC)CC1([N+](=O)[O-])[N+](=O)[O-]. The van der Waals surface area contributed by atoms with Gasteiger partial charge in [0.05, 0.1) is 5.23 Å². The molecule has 0 aliphatic carbocycles. The average molecular weight is 392 g/mol. The average Bonchev–Trinajstić information content (AvgIpc) is 2.84. The molecule has 0 amide bonds. The summed E-state index contributed by atoms with van der Waals surface area (Å²) in [4.78, 5) is 42.8. The standard InChI is InChI=1S/C15H28N4O8/c1-5-7-9-13(3)11-15(17(22)23,18(24)25)19(26-13)27-14(4,10-8-6-2)12-16(20)21/h5-12H2,1-4H3. The molecule has 0 radical (unpaired) electrons. The first-order valence-electron chi connectivity index (χ1n) is 9.04. The van der Waals surface area contributed by atoms with Crippen LogP contribution in [0.15, 0.2) is 0 Å². The highest BCUT2D eigenvalue weighted by atomic mass is 17.0. The van der Waals surface area contributed by atoms with E-state index in [2.05, 4.69) is 0 Å². The van der Waals surface area contributed by atoms with E-state index >= 15 is 0 Å². The highest BCUT2D eigenvalue weighted by Crippen LogP contribution is 2.44. The van der Waals surface area contributed by atoms with Crippen molar-refractivity contribution in [2.24, 2.45) is 0 Å². The van der Waals surface area contributed by atoms with Gasteiger partial charge in [0.15, 0.2) is 5.60 Å². The number of rotatable bonds is 12. The van der Waals surface area contributed by atoms with E-state index in [0.29, 0.717) is 30.9 Å². The Hall–Kier alpha value is -1.92. The lowest BCUT2D eigenvalue weighted by Gasteiger charge is -2.30. The molecule has 1 rings (SSSR count). The van der Waals surface area contributed by atoms with Crippen molar-refractivity contribution in [3.05, 3.63) is 30.3 Å². The molecule has 27 heavy (non-hydrogen) atoms. The van der Waals surface area contributed by atoms with Gasteiger partial charge in [-0.1, -0.05) is 39.5 Å². The van der Waals surface area contributed by atoms with Crippen LogP contribution in [0.5, 0.6) is 0 Å². The van der Waals surface area contributed by atoms with E-state index in [9.17, 15) is 30.3 Å². The van der Waals surface area contributed by atoms with Crippen LogP contribution in [0.3, 0.4) is 0 Å². The number of hydrogen-bond acceptors (Lipinski definition) is 9. The Labute approximate surface area is 157 Å². The Kier molecular flexibility index (Phi) is 7.57. The van der Waals surface area contributed by atoms with Gasteiger partial charge in [-0.05, 0) is 26.7 Å². The Morgan fingerprint density at radius 2 is 1.67 bits per heavy atom. The van der Waals surface area contributed by atoms with Gasteiger partial charge in [0.2, 0.25) is 6.54 Å². The van der Waals surface area contributed by atoms with Crippen molar-refractivity contribution in [1.82, 2.24) is 5.23 Å². The summed E-state index contributed by atoms with van der Waals surface area (Å²) >= 11 is 0. The number of nitrogens with zero attached hydrogens (tertiary/aromatic N) is 4. The summed E-state index contributed by atoms with van der Waals surface area (Å²) in [6.45, 7) is 6.08. The first-order chi connectivity index (χ1) is 12.4. The summed E-state index contributed by atoms with van der Waals surface area (Å²) in [7, 11) is 0. The van der Waals surface area contributed by atoms with Crippen LogP contribution in [0.1, 0.15) is 72.6 Å². The minimum atomic E-state index is -2.85. The van der Waals surface area contributed by atoms with Gasteiger partial charge < -0.3 is 0 Å². The van der Waals surface area contributed by atoms with Crippen LogP contribution in [0.2, 0.25) is 0 Å². The maximum absolute atomic E-state index is 11.7. The number of nitro groups is 3. The van der Waals surface area contributed by atoms with E-state index < -0.39 is 44.7 Å². The molecule has 1 heterocycles. The fourth-order valence-corrected chi connectivity index (χ4v) is 3.15. The van der Waals surface area contributed by atoms with Crippen molar-refractivity contribution in [2.75, 3.05) is 6.54 Å². The minimum Gasteiger partial charge on any atom is -0.264 e. The zero-order chi connectivity index (χ0) is 20.9. The predicted octanol–water partition coefficient (Wildman–Crippen LogP) is 2.94. The van der Waals surface area contributed by atoms with Crippen LogP contribution < -0.4 is 0 Å². The summed E-state index contributed by atoms with van der Waals surface area (Å²) in [5, 5.41) is 34.7. The molecule has 0 saturated carbocycles. The molecule has 1 fully saturated rings. The smallest absolute Gasteiger partial charge is 0.264 e. The van der Waals surface area contributed by atoms with E-state index in [0.717, 1.165) is 6.42 Å². The largest absolute Gasteiger partial charge is 0.569 e. The number of unbranched alkanes of at least 4 members (excludes halogenated alkanes) is 2. The molecular formula is C15H28N4O8. The second-order valence-electron chi connectivity index (χ2n) is 7.50. The van der Waals surface area contributed by atoms with Crippen molar-refractivity contribution >= 4 is 0 Å². The van der Waals surface area contributed by atoms with Crippen LogP contribution in [-0.4, -0.2) is 43.5 Å². The van der Waals surface area contributed by atoms with Crippen molar-refractivity contribution in [3.63, 3.8) is 0 Å². The zero-order valence-corrected chi connectivity index (χ0v) is 16.2. The number of hydroxylamine groups is 2. The minimum absolute atomic E-state index is 0.196. The van der Waals surface area contributed by atoms with Crippen molar-refractivity contribution in [1.29, 1.82) is 0 Å². The fourth-order valence-electron chi connectivity index (χ4n) is 3.15. The molecule has 12 heteroatoms. The normalized spacial score (nSPS) is 24.4. The van der Waals surface area contributed by atoms with Gasteiger partial charge in [0.25, 0.3) is 0 Å². The monoisotopic (exact) mass is 392 g/mol. The molecule has 1 saturated heterocycles. The summed E-state index contributed by atoms with van der Waals surface area (Å²) in [5.41, 5.74) is -2.66. The fraction of sp³-hybridized carbons (Fsp3) is 1.00. The van der Waals surface area contributed by atoms with E-state index in [1.165, 1.54) is 6.92 Å². The van der Waals surface area contributed by atoms with E-state index in [1.54, 1.807) is 6.92 Å². The van der Waals surface area contributed by atoms with Crippen LogP contribution in [0, 0.1) is 30.3 Å². The lowest BCUT2D eigenvalue weighted by molar-refractivity contribution is -0.853. The quantitative estimate of drug-likeness (QED) is 0.277. The third kappa shape index (κ3) is 5.30. The molecule has 12 nitrogen and oxygen atoms in total. The van der Waals surface area contributed by atoms with Gasteiger partial charge >= 0.3 is 5.79 Å². The number of hydrogen-bond donors (Lipinski definition) is 0. The zero-order valence-electron chi connectivity index (χ0n) is 16.2. The molecule has 2 atom stereocenters. The van der Waals surface area contributed by atoms with Gasteiger partial charge in [0, 0.05) is 4.92 Å². The molecule has 0 aromatic heterocycles. The second kappa shape index (κ2) is 8.85. The molecule has 0 bridgehead atoms. The molecule has 0 N–H and O–H groups in total. The second-order valence-corrected chi connectivity index (χ2v) is 7.50. The molecule has 0 aromatic carbocycles. The molecule has 2 unspecified atom stereocenters. The van der Waals surface area contributed by atoms with Crippen LogP contribution in [-0.2, 0) is 9.68 Å². The van der Waals surface area contributed by atoms with E-state index in [-0.39, 0.29) is 6.42 Å². The maximum atomic E-state index is 11.7. The van der Waals surface area contributed by atoms with Crippen molar-refractivity contribution < 1.29 is 24.4 Å². The van der Waals surface area contributed by atoms with Crippen LogP contribution in [0.4, 0.5) is 0 Å². The summed E-state index contributed by atoms with van der Waals surface area (Å²) in [6, 6.07) is 0. The first kappa shape index (κ1) is 23.1. The molecular weight excluding hydrogens is 364 g/mol. The van der Waals surface area contributed by atoms with Crippen LogP contribution in [0.25, 0.3) is 0 Å². The van der Waals surface area contributed by atoms with Gasteiger partial charge in [0.1, 0.15) is 21.9 Å². The maximum Gasteiger partial charge on any atom is 0.569 e. The summed E-state index contributed by atoms with van der Waals surface area (Å²) < 4.78 is 0. The Morgan fingerprint density at radius 1 is 1.11 bits per heavy atom. The Morgan fingerprint density at radius 3 is 2.11 bits per heavy atom. The molecule has 0 spiro atoms. The van der Waals surface area contributed by atoms with Crippen molar-refractivity contribution in [3.8, 4) is 0 Å². The van der Waals surface area contributed by atoms with Gasteiger partial charge in [-0.2, -0.15) is 0 Å². The first-order valence-corrected chi connectivity index (χ1v) is 9.04. The lowest BCUT2D eigenvalue weighted by atomic mass is 9.93. The van der Waals surface area contributed by atoms with Crippen molar-refractivity contribution in [2.45, 2.75) is 89.6 Å². The molecule has 1 aliphatic heterocycles. The Bertz CT molecular complexity index is 560. The third-order valence-electron chi connectivity index (χ3n) is 4.68.